The lowest BCUT2D eigenvalue weighted by molar-refractivity contribution is -0.144. The summed E-state index contributed by atoms with van der Waals surface area (Å²) in [6.45, 7) is 3.21. The highest BCUT2D eigenvalue weighted by atomic mass is 16.5. The van der Waals surface area contributed by atoms with E-state index < -0.39 is 12.2 Å². The largest absolute Gasteiger partial charge is 0.389 e. The molecule has 4 rings (SSSR count). The lowest BCUT2D eigenvalue weighted by Gasteiger charge is -2.43. The first-order valence-corrected chi connectivity index (χ1v) is 9.14. The standard InChI is InChI=1S/C19H25N3O4/c23-17-12-26-11-16(19(17)25)21-5-7-22(8-6-21)18(24)9-13-10-20-15-4-2-1-3-14(13)15/h1-4,10,16-17,19-20,23,25H,5-9,11-12H2/t16-,17-,19+/m1/s1. The van der Waals surface area contributed by atoms with E-state index >= 15 is 0 Å². The number of amides is 1. The summed E-state index contributed by atoms with van der Waals surface area (Å²) in [5.41, 5.74) is 2.07. The molecule has 2 aromatic rings. The number of nitrogens with zero attached hydrogens (tertiary/aromatic N) is 2. The van der Waals surface area contributed by atoms with Crippen LogP contribution in [0.25, 0.3) is 10.9 Å². The molecule has 3 heterocycles. The maximum atomic E-state index is 12.7. The van der Waals surface area contributed by atoms with Crippen LogP contribution in [0.5, 0.6) is 0 Å². The van der Waals surface area contributed by atoms with Gasteiger partial charge in [-0.1, -0.05) is 18.2 Å². The summed E-state index contributed by atoms with van der Waals surface area (Å²) < 4.78 is 5.37. The highest BCUT2D eigenvalue weighted by Gasteiger charge is 2.37. The van der Waals surface area contributed by atoms with Crippen LogP contribution in [0.15, 0.2) is 30.5 Å². The third-order valence-corrected chi connectivity index (χ3v) is 5.52. The number of rotatable bonds is 3. The van der Waals surface area contributed by atoms with Crippen molar-refractivity contribution in [3.8, 4) is 0 Å². The second-order valence-electron chi connectivity index (χ2n) is 7.12. The van der Waals surface area contributed by atoms with E-state index in [2.05, 4.69) is 9.88 Å². The second-order valence-corrected chi connectivity index (χ2v) is 7.12. The predicted octanol–water partition coefficient (Wildman–Crippen LogP) is -0.0248. The molecule has 2 aliphatic heterocycles. The van der Waals surface area contributed by atoms with Crippen LogP contribution in [0.1, 0.15) is 5.56 Å². The third-order valence-electron chi connectivity index (χ3n) is 5.52. The van der Waals surface area contributed by atoms with Crippen LogP contribution in [-0.2, 0) is 16.0 Å². The molecule has 140 valence electrons. The van der Waals surface area contributed by atoms with Crippen molar-refractivity contribution in [1.29, 1.82) is 0 Å². The van der Waals surface area contributed by atoms with Crippen molar-refractivity contribution >= 4 is 16.8 Å². The fourth-order valence-electron chi connectivity index (χ4n) is 3.94. The van der Waals surface area contributed by atoms with Gasteiger partial charge in [0.15, 0.2) is 0 Å². The predicted molar refractivity (Wildman–Crippen MR) is 96.8 cm³/mol. The fraction of sp³-hybridized carbons (Fsp3) is 0.526. The van der Waals surface area contributed by atoms with Gasteiger partial charge in [-0.3, -0.25) is 9.69 Å². The third kappa shape index (κ3) is 3.35. The SMILES string of the molecule is O=C(Cc1c[nH]c2ccccc12)N1CCN([C@@H]2COC[C@@H](O)[C@H]2O)CC1. The number of benzene rings is 1. The zero-order valence-corrected chi connectivity index (χ0v) is 14.7. The minimum atomic E-state index is -0.838. The van der Waals surface area contributed by atoms with Gasteiger partial charge in [0.2, 0.25) is 5.91 Å². The summed E-state index contributed by atoms with van der Waals surface area (Å²) in [6.07, 6.45) is 0.667. The Morgan fingerprint density at radius 3 is 2.73 bits per heavy atom. The highest BCUT2D eigenvalue weighted by molar-refractivity contribution is 5.88. The molecule has 7 heteroatoms. The molecule has 26 heavy (non-hydrogen) atoms. The zero-order valence-electron chi connectivity index (χ0n) is 14.7. The number of H-pyrrole nitrogens is 1. The van der Waals surface area contributed by atoms with Crippen molar-refractivity contribution in [2.75, 3.05) is 39.4 Å². The number of nitrogens with one attached hydrogen (secondary N) is 1. The molecule has 3 atom stereocenters. The van der Waals surface area contributed by atoms with Crippen LogP contribution in [0.2, 0.25) is 0 Å². The summed E-state index contributed by atoms with van der Waals surface area (Å²) in [7, 11) is 0. The van der Waals surface area contributed by atoms with Gasteiger partial charge in [-0.15, -0.1) is 0 Å². The monoisotopic (exact) mass is 359 g/mol. The maximum absolute atomic E-state index is 12.7. The number of fused-ring (bicyclic) bond motifs is 1. The summed E-state index contributed by atoms with van der Waals surface area (Å²) in [6, 6.07) is 7.79. The Morgan fingerprint density at radius 1 is 1.15 bits per heavy atom. The molecule has 0 aliphatic carbocycles. The van der Waals surface area contributed by atoms with Crippen molar-refractivity contribution in [2.45, 2.75) is 24.7 Å². The number of carbonyl (C=O) groups is 1. The first kappa shape index (κ1) is 17.5. The number of ether oxygens (including phenoxy) is 1. The molecule has 3 N–H and O–H groups in total. The summed E-state index contributed by atoms with van der Waals surface area (Å²) in [5, 5.41) is 21.1. The van der Waals surface area contributed by atoms with Crippen LogP contribution in [-0.4, -0.2) is 88.5 Å². The van der Waals surface area contributed by atoms with E-state index in [1.165, 1.54) is 0 Å². The van der Waals surface area contributed by atoms with Gasteiger partial charge in [-0.2, -0.15) is 0 Å². The molecule has 1 amide bonds. The number of aliphatic hydroxyl groups excluding tert-OH is 2. The molecule has 0 saturated carbocycles. The molecule has 0 spiro atoms. The molecule has 1 aromatic heterocycles. The molecule has 0 radical (unpaired) electrons. The Bertz CT molecular complexity index is 769. The van der Waals surface area contributed by atoms with Crippen molar-refractivity contribution in [2.24, 2.45) is 0 Å². The molecule has 2 saturated heterocycles. The number of aromatic nitrogens is 1. The summed E-state index contributed by atoms with van der Waals surface area (Å²) in [4.78, 5) is 19.9. The van der Waals surface area contributed by atoms with Crippen LogP contribution in [0, 0.1) is 0 Å². The van der Waals surface area contributed by atoms with E-state index in [9.17, 15) is 15.0 Å². The van der Waals surface area contributed by atoms with Gasteiger partial charge in [0.1, 0.15) is 6.10 Å². The Kier molecular flexibility index (Phi) is 4.95. The molecular formula is C19H25N3O4. The average Bonchev–Trinajstić information content (AvgIpc) is 3.07. The van der Waals surface area contributed by atoms with Gasteiger partial charge in [-0.25, -0.2) is 0 Å². The second kappa shape index (κ2) is 7.36. The van der Waals surface area contributed by atoms with E-state index in [1.807, 2.05) is 35.4 Å². The number of hydrogen-bond acceptors (Lipinski definition) is 5. The van der Waals surface area contributed by atoms with Crippen LogP contribution >= 0.6 is 0 Å². The molecule has 2 aliphatic rings. The van der Waals surface area contributed by atoms with E-state index in [0.717, 1.165) is 16.5 Å². The molecular weight excluding hydrogens is 334 g/mol. The molecule has 1 aromatic carbocycles. The maximum Gasteiger partial charge on any atom is 0.227 e. The quantitative estimate of drug-likeness (QED) is 0.717. The Hall–Kier alpha value is -1.93. The minimum Gasteiger partial charge on any atom is -0.389 e. The van der Waals surface area contributed by atoms with Gasteiger partial charge < -0.3 is 24.8 Å². The average molecular weight is 359 g/mol. The Balaban J connectivity index is 1.35. The molecule has 7 nitrogen and oxygen atoms in total. The van der Waals surface area contributed by atoms with Gasteiger partial charge in [0.05, 0.1) is 31.8 Å². The van der Waals surface area contributed by atoms with E-state index in [4.69, 9.17) is 4.74 Å². The van der Waals surface area contributed by atoms with E-state index in [0.29, 0.717) is 39.2 Å². The number of hydrogen-bond donors (Lipinski definition) is 3. The Morgan fingerprint density at radius 2 is 1.92 bits per heavy atom. The number of aliphatic hydroxyl groups is 2. The van der Waals surface area contributed by atoms with Crippen LogP contribution in [0.3, 0.4) is 0 Å². The summed E-state index contributed by atoms with van der Waals surface area (Å²) in [5.74, 6) is 0.120. The van der Waals surface area contributed by atoms with E-state index in [1.54, 1.807) is 0 Å². The van der Waals surface area contributed by atoms with Crippen molar-refractivity contribution in [1.82, 2.24) is 14.8 Å². The lowest BCUT2D eigenvalue weighted by atomic mass is 10.0. The van der Waals surface area contributed by atoms with Gasteiger partial charge in [0, 0.05) is 43.3 Å². The van der Waals surface area contributed by atoms with Crippen molar-refractivity contribution in [3.05, 3.63) is 36.0 Å². The normalized spacial score (nSPS) is 27.8. The van der Waals surface area contributed by atoms with Crippen molar-refractivity contribution < 1.29 is 19.7 Å². The van der Waals surface area contributed by atoms with Crippen LogP contribution < -0.4 is 0 Å². The zero-order chi connectivity index (χ0) is 18.1. The number of carbonyl (C=O) groups excluding carboxylic acids is 1. The number of piperazine rings is 1. The lowest BCUT2D eigenvalue weighted by Crippen LogP contribution is -2.60. The Labute approximate surface area is 152 Å². The molecule has 0 bridgehead atoms. The van der Waals surface area contributed by atoms with Gasteiger partial charge >= 0.3 is 0 Å². The first-order valence-electron chi connectivity index (χ1n) is 9.14. The topological polar surface area (TPSA) is 89.0 Å². The van der Waals surface area contributed by atoms with E-state index in [-0.39, 0.29) is 18.6 Å². The first-order chi connectivity index (χ1) is 12.6. The fourth-order valence-corrected chi connectivity index (χ4v) is 3.94. The highest BCUT2D eigenvalue weighted by Crippen LogP contribution is 2.20. The van der Waals surface area contributed by atoms with Gasteiger partial charge in [-0.05, 0) is 11.6 Å². The van der Waals surface area contributed by atoms with Crippen molar-refractivity contribution in [3.63, 3.8) is 0 Å². The number of aromatic amines is 1. The minimum absolute atomic E-state index is 0.120. The molecule has 2 fully saturated rings. The van der Waals surface area contributed by atoms with Crippen LogP contribution in [0.4, 0.5) is 0 Å². The molecule has 0 unspecified atom stereocenters. The number of para-hydroxylation sites is 1. The van der Waals surface area contributed by atoms with Gasteiger partial charge in [0.25, 0.3) is 0 Å². The summed E-state index contributed by atoms with van der Waals surface area (Å²) >= 11 is 0. The smallest absolute Gasteiger partial charge is 0.227 e.